The fourth-order valence-electron chi connectivity index (χ4n) is 3.39. The van der Waals surface area contributed by atoms with Crippen LogP contribution >= 0.6 is 11.3 Å². The number of aromatic nitrogens is 2. The molecule has 8 nitrogen and oxygen atoms in total. The molecule has 0 radical (unpaired) electrons. The van der Waals surface area contributed by atoms with Gasteiger partial charge in [-0.15, -0.1) is 11.3 Å². The van der Waals surface area contributed by atoms with Gasteiger partial charge in [-0.3, -0.25) is 9.78 Å². The second-order valence-electron chi connectivity index (χ2n) is 7.68. The predicted octanol–water partition coefficient (Wildman–Crippen LogP) is 4.32. The second-order valence-corrected chi connectivity index (χ2v) is 10.6. The zero-order valence-electron chi connectivity index (χ0n) is 18.7. The number of anilines is 2. The topological polar surface area (TPSA) is 116 Å². The number of thiazole rings is 1. The summed E-state index contributed by atoms with van der Waals surface area (Å²) in [7, 11) is -3.94. The zero-order chi connectivity index (χ0) is 24.8. The summed E-state index contributed by atoms with van der Waals surface area (Å²) in [5.74, 6) is -1.15. The molecule has 0 aliphatic heterocycles. The molecule has 0 saturated heterocycles. The SMILES string of the molecule is Cc1sc(N(Cc2ccccc2)c2ccc(C#N)cc2)nc1C(=O)NS(=O)(=O)Cc1cccnc1. The van der Waals surface area contributed by atoms with Crippen LogP contribution in [-0.2, 0) is 22.3 Å². The number of nitrogens with zero attached hydrogens (tertiary/aromatic N) is 4. The molecule has 1 N–H and O–H groups in total. The number of pyridine rings is 1. The second kappa shape index (κ2) is 10.5. The van der Waals surface area contributed by atoms with Crippen LogP contribution < -0.4 is 9.62 Å². The van der Waals surface area contributed by atoms with Crippen LogP contribution in [-0.4, -0.2) is 24.3 Å². The van der Waals surface area contributed by atoms with Crippen molar-refractivity contribution < 1.29 is 13.2 Å². The molecule has 4 rings (SSSR count). The summed E-state index contributed by atoms with van der Waals surface area (Å²) < 4.78 is 27.2. The lowest BCUT2D eigenvalue weighted by molar-refractivity contribution is 0.0976. The van der Waals surface area contributed by atoms with Crippen LogP contribution in [0.3, 0.4) is 0 Å². The largest absolute Gasteiger partial charge is 0.313 e. The van der Waals surface area contributed by atoms with E-state index in [1.165, 1.54) is 17.5 Å². The first kappa shape index (κ1) is 24.1. The number of amides is 1. The Bertz CT molecular complexity index is 1460. The molecule has 0 bridgehead atoms. The number of benzene rings is 2. The summed E-state index contributed by atoms with van der Waals surface area (Å²) in [5, 5.41) is 9.67. The summed E-state index contributed by atoms with van der Waals surface area (Å²) in [6.45, 7) is 2.20. The summed E-state index contributed by atoms with van der Waals surface area (Å²) in [5.41, 5.74) is 2.86. The van der Waals surface area contributed by atoms with E-state index in [1.807, 2.05) is 47.4 Å². The van der Waals surface area contributed by atoms with Crippen molar-refractivity contribution in [2.24, 2.45) is 0 Å². The number of nitriles is 1. The Morgan fingerprint density at radius 1 is 1.06 bits per heavy atom. The van der Waals surface area contributed by atoms with Crippen molar-refractivity contribution in [2.75, 3.05) is 4.90 Å². The van der Waals surface area contributed by atoms with E-state index in [1.54, 1.807) is 37.4 Å². The number of hydrogen-bond donors (Lipinski definition) is 1. The first-order chi connectivity index (χ1) is 16.8. The molecular weight excluding hydrogens is 482 g/mol. The minimum absolute atomic E-state index is 0.0477. The van der Waals surface area contributed by atoms with Crippen molar-refractivity contribution in [1.29, 1.82) is 5.26 Å². The molecule has 176 valence electrons. The van der Waals surface area contributed by atoms with Gasteiger partial charge in [-0.2, -0.15) is 5.26 Å². The molecule has 1 amide bonds. The van der Waals surface area contributed by atoms with Crippen molar-refractivity contribution >= 4 is 38.1 Å². The minimum Gasteiger partial charge on any atom is -0.313 e. The van der Waals surface area contributed by atoms with Gasteiger partial charge in [-0.25, -0.2) is 18.1 Å². The van der Waals surface area contributed by atoms with Crippen LogP contribution in [0.2, 0.25) is 0 Å². The maximum atomic E-state index is 12.9. The highest BCUT2D eigenvalue weighted by Gasteiger charge is 2.24. The molecular formula is C25H21N5O3S2. The zero-order valence-corrected chi connectivity index (χ0v) is 20.4. The van der Waals surface area contributed by atoms with Gasteiger partial charge < -0.3 is 4.90 Å². The molecule has 4 aromatic rings. The standard InChI is InChI=1S/C25H21N5O3S2/c1-18-23(24(31)29-35(32,33)17-21-8-5-13-27-15-21)28-25(34-18)30(16-20-6-3-2-4-7-20)22-11-9-19(14-26)10-12-22/h2-13,15H,16-17H2,1H3,(H,29,31). The predicted molar refractivity (Wildman–Crippen MR) is 135 cm³/mol. The number of rotatable bonds is 8. The van der Waals surface area contributed by atoms with Gasteiger partial charge in [0.1, 0.15) is 5.69 Å². The van der Waals surface area contributed by atoms with Gasteiger partial charge in [-0.1, -0.05) is 36.4 Å². The average Bonchev–Trinajstić information content (AvgIpc) is 3.25. The number of nitrogens with one attached hydrogen (secondary N) is 1. The monoisotopic (exact) mass is 503 g/mol. The Balaban J connectivity index is 1.61. The van der Waals surface area contributed by atoms with E-state index in [0.717, 1.165) is 11.3 Å². The normalized spacial score (nSPS) is 11.0. The highest BCUT2D eigenvalue weighted by atomic mass is 32.2. The number of carbonyl (C=O) groups excluding carboxylic acids is 1. The average molecular weight is 504 g/mol. The van der Waals surface area contributed by atoms with Crippen LogP contribution in [0.4, 0.5) is 10.8 Å². The Labute approximate surface area is 207 Å². The molecule has 2 heterocycles. The maximum Gasteiger partial charge on any atom is 0.284 e. The molecule has 2 aromatic heterocycles. The summed E-state index contributed by atoms with van der Waals surface area (Å²) in [4.78, 5) is 23.8. The summed E-state index contributed by atoms with van der Waals surface area (Å²) in [6, 6.07) is 22.2. The van der Waals surface area contributed by atoms with Gasteiger partial charge in [0.25, 0.3) is 5.91 Å². The van der Waals surface area contributed by atoms with Gasteiger partial charge >= 0.3 is 0 Å². The van der Waals surface area contributed by atoms with Crippen molar-refractivity contribution in [3.05, 3.63) is 106 Å². The lowest BCUT2D eigenvalue weighted by Gasteiger charge is -2.22. The van der Waals surface area contributed by atoms with Crippen molar-refractivity contribution in [2.45, 2.75) is 19.2 Å². The third-order valence-corrected chi connectivity index (χ3v) is 7.25. The van der Waals surface area contributed by atoms with E-state index in [0.29, 0.717) is 27.7 Å². The third-order valence-electron chi connectivity index (χ3n) is 5.05. The van der Waals surface area contributed by atoms with E-state index in [2.05, 4.69) is 20.8 Å². The summed E-state index contributed by atoms with van der Waals surface area (Å²) in [6.07, 6.45) is 2.98. The van der Waals surface area contributed by atoms with Gasteiger partial charge in [0.15, 0.2) is 5.13 Å². The maximum absolute atomic E-state index is 12.9. The Morgan fingerprint density at radius 2 is 1.77 bits per heavy atom. The van der Waals surface area contributed by atoms with E-state index >= 15 is 0 Å². The first-order valence-electron chi connectivity index (χ1n) is 10.6. The molecule has 0 spiro atoms. The molecule has 0 aliphatic carbocycles. The van der Waals surface area contributed by atoms with E-state index in [4.69, 9.17) is 5.26 Å². The lowest BCUT2D eigenvalue weighted by Crippen LogP contribution is -2.32. The van der Waals surface area contributed by atoms with Crippen LogP contribution in [0, 0.1) is 18.3 Å². The molecule has 0 atom stereocenters. The highest BCUT2D eigenvalue weighted by molar-refractivity contribution is 7.89. The quantitative estimate of drug-likeness (QED) is 0.381. The fourth-order valence-corrected chi connectivity index (χ4v) is 5.38. The van der Waals surface area contributed by atoms with E-state index < -0.39 is 15.9 Å². The number of carbonyl (C=O) groups is 1. The molecule has 0 fully saturated rings. The third kappa shape index (κ3) is 6.09. The van der Waals surface area contributed by atoms with Gasteiger partial charge in [-0.05, 0) is 48.4 Å². The van der Waals surface area contributed by atoms with Crippen molar-refractivity contribution in [1.82, 2.24) is 14.7 Å². The molecule has 0 aliphatic rings. The number of hydrogen-bond acceptors (Lipinski definition) is 8. The van der Waals surface area contributed by atoms with Gasteiger partial charge in [0.05, 0.1) is 23.9 Å². The van der Waals surface area contributed by atoms with Crippen LogP contribution in [0.5, 0.6) is 0 Å². The van der Waals surface area contributed by atoms with Crippen LogP contribution in [0.25, 0.3) is 0 Å². The molecule has 10 heteroatoms. The van der Waals surface area contributed by atoms with Crippen molar-refractivity contribution in [3.8, 4) is 6.07 Å². The first-order valence-corrected chi connectivity index (χ1v) is 13.0. The Kier molecular flexibility index (Phi) is 7.19. The van der Waals surface area contributed by atoms with Crippen molar-refractivity contribution in [3.63, 3.8) is 0 Å². The Hall–Kier alpha value is -4.07. The lowest BCUT2D eigenvalue weighted by atomic mass is 10.2. The number of sulfonamides is 1. The van der Waals surface area contributed by atoms with E-state index in [-0.39, 0.29) is 11.4 Å². The Morgan fingerprint density at radius 3 is 2.43 bits per heavy atom. The van der Waals surface area contributed by atoms with E-state index in [9.17, 15) is 13.2 Å². The highest BCUT2D eigenvalue weighted by Crippen LogP contribution is 2.33. The fraction of sp³-hybridized carbons (Fsp3) is 0.120. The minimum atomic E-state index is -3.94. The van der Waals surface area contributed by atoms with Gasteiger partial charge in [0, 0.05) is 23.0 Å². The number of aryl methyl sites for hydroxylation is 1. The molecule has 0 saturated carbocycles. The molecule has 0 unspecified atom stereocenters. The molecule has 35 heavy (non-hydrogen) atoms. The molecule has 2 aromatic carbocycles. The van der Waals surface area contributed by atoms with Gasteiger partial charge in [0.2, 0.25) is 10.0 Å². The summed E-state index contributed by atoms with van der Waals surface area (Å²) >= 11 is 1.29. The van der Waals surface area contributed by atoms with Crippen LogP contribution in [0.1, 0.15) is 32.1 Å². The smallest absolute Gasteiger partial charge is 0.284 e. The van der Waals surface area contributed by atoms with Crippen LogP contribution in [0.15, 0.2) is 79.1 Å².